The van der Waals surface area contributed by atoms with Crippen molar-refractivity contribution in [3.63, 3.8) is 0 Å². The van der Waals surface area contributed by atoms with Gasteiger partial charge in [0.2, 0.25) is 11.8 Å². The highest BCUT2D eigenvalue weighted by molar-refractivity contribution is 7.99. The predicted octanol–water partition coefficient (Wildman–Crippen LogP) is -2.30. The van der Waals surface area contributed by atoms with E-state index in [1.807, 2.05) is 0 Å². The molecule has 0 spiro atoms. The van der Waals surface area contributed by atoms with Crippen molar-refractivity contribution in [2.45, 2.75) is 19.0 Å². The van der Waals surface area contributed by atoms with E-state index in [9.17, 15) is 14.4 Å². The fraction of sp³-hybridized carbons (Fsp3) is 0.667. The number of aliphatic hydroxyl groups is 1. The number of rotatable bonds is 8. The monoisotopic (exact) mass is 279 g/mol. The Hall–Kier alpha value is -1.32. The van der Waals surface area contributed by atoms with Gasteiger partial charge in [-0.1, -0.05) is 0 Å². The first-order valence-corrected chi connectivity index (χ1v) is 6.25. The Morgan fingerprint density at radius 1 is 1.39 bits per heavy atom. The number of carboxylic acids is 1. The lowest BCUT2D eigenvalue weighted by Crippen LogP contribution is -2.50. The van der Waals surface area contributed by atoms with Crippen molar-refractivity contribution < 1.29 is 24.6 Å². The molecule has 0 aromatic carbocycles. The highest BCUT2D eigenvalue weighted by atomic mass is 32.2. The number of nitrogens with one attached hydrogen (secondary N) is 2. The molecule has 0 radical (unpaired) electrons. The zero-order valence-corrected chi connectivity index (χ0v) is 10.7. The Kier molecular flexibility index (Phi) is 8.08. The first kappa shape index (κ1) is 16.7. The number of amides is 2. The molecule has 104 valence electrons. The van der Waals surface area contributed by atoms with Crippen molar-refractivity contribution in [2.24, 2.45) is 5.73 Å². The van der Waals surface area contributed by atoms with E-state index in [0.29, 0.717) is 0 Å². The van der Waals surface area contributed by atoms with E-state index in [0.717, 1.165) is 11.8 Å². The van der Waals surface area contributed by atoms with Gasteiger partial charge in [0, 0.05) is 12.7 Å². The van der Waals surface area contributed by atoms with Crippen LogP contribution in [0.4, 0.5) is 0 Å². The minimum absolute atomic E-state index is 0.0828. The molecule has 0 heterocycles. The molecule has 9 heteroatoms. The van der Waals surface area contributed by atoms with Crippen LogP contribution in [0, 0.1) is 0 Å². The summed E-state index contributed by atoms with van der Waals surface area (Å²) < 4.78 is 0. The second-order valence-corrected chi connectivity index (χ2v) is 4.47. The molecule has 2 amide bonds. The number of carbonyl (C=O) groups is 3. The van der Waals surface area contributed by atoms with E-state index < -0.39 is 30.6 Å². The van der Waals surface area contributed by atoms with Crippen LogP contribution < -0.4 is 16.4 Å². The van der Waals surface area contributed by atoms with E-state index in [2.05, 4.69) is 10.6 Å². The number of aliphatic carboxylic acids is 1. The van der Waals surface area contributed by atoms with Gasteiger partial charge in [-0.2, -0.15) is 0 Å². The van der Waals surface area contributed by atoms with Gasteiger partial charge in [0.25, 0.3) is 0 Å². The molecule has 0 fully saturated rings. The molecule has 0 saturated carbocycles. The summed E-state index contributed by atoms with van der Waals surface area (Å²) in [7, 11) is 0. The molecule has 0 rings (SSSR count). The summed E-state index contributed by atoms with van der Waals surface area (Å²) in [6.07, 6.45) is 0. The lowest BCUT2D eigenvalue weighted by Gasteiger charge is -2.16. The van der Waals surface area contributed by atoms with E-state index in [1.165, 1.54) is 6.92 Å². The van der Waals surface area contributed by atoms with Crippen LogP contribution in [-0.4, -0.2) is 58.3 Å². The Morgan fingerprint density at radius 3 is 2.44 bits per heavy atom. The SMILES string of the molecule is CC(=O)NCSC[C@H](NC(=O)[C@@H](N)CO)C(=O)O. The molecule has 0 aromatic heterocycles. The third kappa shape index (κ3) is 7.09. The first-order valence-electron chi connectivity index (χ1n) is 5.10. The molecule has 0 unspecified atom stereocenters. The Morgan fingerprint density at radius 2 is 2.00 bits per heavy atom. The number of hydrogen-bond acceptors (Lipinski definition) is 6. The average molecular weight is 279 g/mol. The molecule has 6 N–H and O–H groups in total. The molecule has 8 nitrogen and oxygen atoms in total. The Labute approximate surface area is 108 Å². The van der Waals surface area contributed by atoms with Crippen LogP contribution in [0.15, 0.2) is 0 Å². The van der Waals surface area contributed by atoms with Crippen molar-refractivity contribution in [3.05, 3.63) is 0 Å². The summed E-state index contributed by atoms with van der Waals surface area (Å²) in [5.74, 6) is -1.82. The molecular weight excluding hydrogens is 262 g/mol. The lowest BCUT2D eigenvalue weighted by molar-refractivity contribution is -0.141. The summed E-state index contributed by atoms with van der Waals surface area (Å²) in [4.78, 5) is 32.7. The van der Waals surface area contributed by atoms with Crippen LogP contribution in [-0.2, 0) is 14.4 Å². The third-order valence-corrected chi connectivity index (χ3v) is 2.77. The summed E-state index contributed by atoms with van der Waals surface area (Å²) in [6, 6.07) is -2.26. The fourth-order valence-corrected chi connectivity index (χ4v) is 1.75. The van der Waals surface area contributed by atoms with Crippen LogP contribution in [0.3, 0.4) is 0 Å². The molecule has 0 bridgehead atoms. The highest BCUT2D eigenvalue weighted by Crippen LogP contribution is 2.01. The van der Waals surface area contributed by atoms with E-state index in [1.54, 1.807) is 0 Å². The van der Waals surface area contributed by atoms with Crippen LogP contribution in [0.2, 0.25) is 0 Å². The predicted molar refractivity (Wildman–Crippen MR) is 65.8 cm³/mol. The molecular formula is C9H17N3O5S. The molecule has 0 aromatic rings. The standard InChI is InChI=1S/C9H17N3O5S/c1-5(14)11-4-18-3-7(9(16)17)12-8(15)6(10)2-13/h6-7,13H,2-4,10H2,1H3,(H,11,14)(H,12,15)(H,16,17)/t6-,7-/m0/s1. The number of carbonyl (C=O) groups excluding carboxylic acids is 2. The summed E-state index contributed by atoms with van der Waals surface area (Å²) in [5.41, 5.74) is 5.24. The summed E-state index contributed by atoms with van der Waals surface area (Å²) in [6.45, 7) is 0.786. The van der Waals surface area contributed by atoms with Gasteiger partial charge in [-0.25, -0.2) is 4.79 Å². The lowest BCUT2D eigenvalue weighted by atomic mass is 10.2. The largest absolute Gasteiger partial charge is 0.480 e. The Bertz CT molecular complexity index is 313. The molecule has 0 aliphatic heterocycles. The number of carboxylic acid groups (broad SMARTS) is 1. The maximum Gasteiger partial charge on any atom is 0.327 e. The second kappa shape index (κ2) is 8.72. The zero-order valence-electron chi connectivity index (χ0n) is 9.88. The summed E-state index contributed by atoms with van der Waals surface area (Å²) >= 11 is 1.15. The molecule has 0 aliphatic carbocycles. The molecule has 18 heavy (non-hydrogen) atoms. The second-order valence-electron chi connectivity index (χ2n) is 3.44. The van der Waals surface area contributed by atoms with E-state index in [-0.39, 0.29) is 17.5 Å². The van der Waals surface area contributed by atoms with Gasteiger partial charge in [0.1, 0.15) is 12.1 Å². The van der Waals surface area contributed by atoms with Crippen molar-refractivity contribution in [1.82, 2.24) is 10.6 Å². The quantitative estimate of drug-likeness (QED) is 0.248. The van der Waals surface area contributed by atoms with E-state index >= 15 is 0 Å². The topological polar surface area (TPSA) is 142 Å². The fourth-order valence-electron chi connectivity index (χ4n) is 0.866. The van der Waals surface area contributed by atoms with Gasteiger partial charge >= 0.3 is 5.97 Å². The van der Waals surface area contributed by atoms with E-state index in [4.69, 9.17) is 15.9 Å². The van der Waals surface area contributed by atoms with Crippen LogP contribution in [0.1, 0.15) is 6.92 Å². The van der Waals surface area contributed by atoms with Gasteiger partial charge in [-0.3, -0.25) is 9.59 Å². The first-order chi connectivity index (χ1) is 8.38. The highest BCUT2D eigenvalue weighted by Gasteiger charge is 2.22. The number of hydrogen-bond donors (Lipinski definition) is 5. The third-order valence-electron chi connectivity index (χ3n) is 1.86. The maximum atomic E-state index is 11.3. The number of aliphatic hydroxyl groups excluding tert-OH is 1. The maximum absolute atomic E-state index is 11.3. The van der Waals surface area contributed by atoms with Crippen molar-refractivity contribution >= 4 is 29.5 Å². The van der Waals surface area contributed by atoms with Crippen molar-refractivity contribution in [3.8, 4) is 0 Å². The minimum atomic E-state index is -1.20. The van der Waals surface area contributed by atoms with Gasteiger partial charge in [0.15, 0.2) is 0 Å². The van der Waals surface area contributed by atoms with Crippen molar-refractivity contribution in [1.29, 1.82) is 0 Å². The smallest absolute Gasteiger partial charge is 0.327 e. The molecule has 2 atom stereocenters. The van der Waals surface area contributed by atoms with Crippen LogP contribution >= 0.6 is 11.8 Å². The normalized spacial score (nSPS) is 13.5. The Balaban J connectivity index is 4.11. The number of thioether (sulfide) groups is 1. The molecule has 0 saturated heterocycles. The van der Waals surface area contributed by atoms with Gasteiger partial charge in [0.05, 0.1) is 12.5 Å². The number of nitrogens with two attached hydrogens (primary N) is 1. The van der Waals surface area contributed by atoms with Gasteiger partial charge in [-0.15, -0.1) is 11.8 Å². The molecule has 0 aliphatic rings. The van der Waals surface area contributed by atoms with Gasteiger partial charge in [-0.05, 0) is 0 Å². The summed E-state index contributed by atoms with van der Waals surface area (Å²) in [5, 5.41) is 22.2. The minimum Gasteiger partial charge on any atom is -0.480 e. The van der Waals surface area contributed by atoms with Crippen LogP contribution in [0.5, 0.6) is 0 Å². The zero-order chi connectivity index (χ0) is 14.1. The average Bonchev–Trinajstić information content (AvgIpc) is 2.30. The van der Waals surface area contributed by atoms with Crippen molar-refractivity contribution in [2.75, 3.05) is 18.2 Å². The van der Waals surface area contributed by atoms with Crippen LogP contribution in [0.25, 0.3) is 0 Å². The van der Waals surface area contributed by atoms with Gasteiger partial charge < -0.3 is 26.6 Å².